The van der Waals surface area contributed by atoms with Crippen molar-refractivity contribution in [1.82, 2.24) is 5.32 Å². The molecule has 0 fully saturated rings. The molecule has 1 aliphatic rings. The fourth-order valence-electron chi connectivity index (χ4n) is 2.66. The van der Waals surface area contributed by atoms with E-state index in [1.807, 2.05) is 26.8 Å². The van der Waals surface area contributed by atoms with Crippen LogP contribution in [-0.2, 0) is 17.6 Å². The zero-order valence-electron chi connectivity index (χ0n) is 12.0. The SMILES string of the molecule is CC(C)(C)OC(=O)NC1Cc2cc3ccoc3cc2C1. The van der Waals surface area contributed by atoms with Crippen LogP contribution in [-0.4, -0.2) is 17.7 Å². The molecule has 1 unspecified atom stereocenters. The number of amides is 1. The van der Waals surface area contributed by atoms with Crippen molar-refractivity contribution >= 4 is 17.1 Å². The zero-order chi connectivity index (χ0) is 14.3. The predicted octanol–water partition coefficient (Wildman–Crippen LogP) is 3.42. The minimum absolute atomic E-state index is 0.103. The van der Waals surface area contributed by atoms with E-state index >= 15 is 0 Å². The van der Waals surface area contributed by atoms with Crippen LogP contribution in [0.1, 0.15) is 31.9 Å². The maximum absolute atomic E-state index is 11.8. The summed E-state index contributed by atoms with van der Waals surface area (Å²) in [5.74, 6) is 0. The van der Waals surface area contributed by atoms with Crippen molar-refractivity contribution in [3.8, 4) is 0 Å². The summed E-state index contributed by atoms with van der Waals surface area (Å²) < 4.78 is 10.7. The molecule has 0 saturated heterocycles. The van der Waals surface area contributed by atoms with Crippen molar-refractivity contribution in [2.75, 3.05) is 0 Å². The molecule has 106 valence electrons. The maximum atomic E-state index is 11.8. The van der Waals surface area contributed by atoms with Gasteiger partial charge in [0.05, 0.1) is 6.26 Å². The van der Waals surface area contributed by atoms with Gasteiger partial charge in [0.15, 0.2) is 0 Å². The van der Waals surface area contributed by atoms with Crippen LogP contribution in [0.2, 0.25) is 0 Å². The molecule has 1 amide bonds. The van der Waals surface area contributed by atoms with Crippen LogP contribution >= 0.6 is 0 Å². The van der Waals surface area contributed by atoms with Gasteiger partial charge in [0.25, 0.3) is 0 Å². The lowest BCUT2D eigenvalue weighted by molar-refractivity contribution is 0.0506. The zero-order valence-corrected chi connectivity index (χ0v) is 12.0. The Bertz CT molecular complexity index is 611. The molecule has 2 aromatic rings. The highest BCUT2D eigenvalue weighted by Crippen LogP contribution is 2.28. The predicted molar refractivity (Wildman–Crippen MR) is 76.8 cm³/mol. The third-order valence-electron chi connectivity index (χ3n) is 3.43. The van der Waals surface area contributed by atoms with E-state index in [4.69, 9.17) is 9.15 Å². The summed E-state index contributed by atoms with van der Waals surface area (Å²) in [5, 5.41) is 4.05. The molecule has 0 bridgehead atoms. The molecular weight excluding hydrogens is 254 g/mol. The van der Waals surface area contributed by atoms with Crippen molar-refractivity contribution in [3.63, 3.8) is 0 Å². The number of nitrogens with one attached hydrogen (secondary N) is 1. The van der Waals surface area contributed by atoms with Gasteiger partial charge >= 0.3 is 6.09 Å². The van der Waals surface area contributed by atoms with Gasteiger partial charge in [0, 0.05) is 11.4 Å². The molecule has 0 radical (unpaired) electrons. The van der Waals surface area contributed by atoms with Crippen molar-refractivity contribution in [3.05, 3.63) is 35.6 Å². The number of benzene rings is 1. The Morgan fingerprint density at radius 2 is 2.00 bits per heavy atom. The van der Waals surface area contributed by atoms with E-state index in [9.17, 15) is 4.79 Å². The fraction of sp³-hybridized carbons (Fsp3) is 0.438. The van der Waals surface area contributed by atoms with E-state index in [0.717, 1.165) is 23.8 Å². The normalized spacial score (nSPS) is 18.1. The van der Waals surface area contributed by atoms with Crippen LogP contribution in [0.15, 0.2) is 28.9 Å². The molecule has 0 spiro atoms. The molecule has 1 aromatic heterocycles. The van der Waals surface area contributed by atoms with Gasteiger partial charge in [-0.1, -0.05) is 0 Å². The van der Waals surface area contributed by atoms with Crippen molar-refractivity contribution in [2.24, 2.45) is 0 Å². The summed E-state index contributed by atoms with van der Waals surface area (Å²) in [4.78, 5) is 11.8. The lowest BCUT2D eigenvalue weighted by atomic mass is 10.1. The number of alkyl carbamates (subject to hydrolysis) is 1. The second-order valence-corrected chi connectivity index (χ2v) is 6.33. The van der Waals surface area contributed by atoms with Gasteiger partial charge in [-0.15, -0.1) is 0 Å². The van der Waals surface area contributed by atoms with Crippen LogP contribution in [0.4, 0.5) is 4.79 Å². The van der Waals surface area contributed by atoms with Gasteiger partial charge in [-0.05, 0) is 62.9 Å². The maximum Gasteiger partial charge on any atom is 0.407 e. The van der Waals surface area contributed by atoms with E-state index in [0.29, 0.717) is 0 Å². The number of rotatable bonds is 1. The van der Waals surface area contributed by atoms with Gasteiger partial charge in [-0.3, -0.25) is 0 Å². The summed E-state index contributed by atoms with van der Waals surface area (Å²) in [7, 11) is 0. The minimum Gasteiger partial charge on any atom is -0.464 e. The highest BCUT2D eigenvalue weighted by Gasteiger charge is 2.26. The van der Waals surface area contributed by atoms with Gasteiger partial charge in [0.1, 0.15) is 11.2 Å². The Kier molecular flexibility index (Phi) is 2.96. The average Bonchev–Trinajstić information content (AvgIpc) is 2.86. The molecule has 1 N–H and O–H groups in total. The highest BCUT2D eigenvalue weighted by molar-refractivity contribution is 5.79. The van der Waals surface area contributed by atoms with Crippen molar-refractivity contribution < 1.29 is 13.9 Å². The molecule has 1 atom stereocenters. The Balaban J connectivity index is 1.69. The van der Waals surface area contributed by atoms with E-state index < -0.39 is 5.60 Å². The first-order chi connectivity index (χ1) is 9.40. The van der Waals surface area contributed by atoms with E-state index in [2.05, 4.69) is 17.4 Å². The lowest BCUT2D eigenvalue weighted by Gasteiger charge is -2.21. The second-order valence-electron chi connectivity index (χ2n) is 6.33. The van der Waals surface area contributed by atoms with Crippen LogP contribution in [0.5, 0.6) is 0 Å². The lowest BCUT2D eigenvalue weighted by Crippen LogP contribution is -2.39. The Hall–Kier alpha value is -1.97. The Morgan fingerprint density at radius 3 is 2.70 bits per heavy atom. The summed E-state index contributed by atoms with van der Waals surface area (Å²) in [6, 6.07) is 6.28. The number of hydrogen-bond donors (Lipinski definition) is 1. The monoisotopic (exact) mass is 273 g/mol. The highest BCUT2D eigenvalue weighted by atomic mass is 16.6. The van der Waals surface area contributed by atoms with Crippen molar-refractivity contribution in [1.29, 1.82) is 0 Å². The third kappa shape index (κ3) is 2.64. The Labute approximate surface area is 118 Å². The molecule has 0 saturated carbocycles. The summed E-state index contributed by atoms with van der Waals surface area (Å²) in [6.45, 7) is 5.60. The van der Waals surface area contributed by atoms with Crippen LogP contribution < -0.4 is 5.32 Å². The van der Waals surface area contributed by atoms with Crippen LogP contribution in [0.3, 0.4) is 0 Å². The van der Waals surface area contributed by atoms with Gasteiger partial charge < -0.3 is 14.5 Å². The molecule has 0 aliphatic heterocycles. The molecule has 1 aliphatic carbocycles. The average molecular weight is 273 g/mol. The molecular formula is C16H19NO3. The number of furan rings is 1. The standard InChI is InChI=1S/C16H19NO3/c1-16(2,3)20-15(18)17-13-7-11-6-10-4-5-19-14(10)9-12(11)8-13/h4-6,9,13H,7-8H2,1-3H3,(H,17,18). The quantitative estimate of drug-likeness (QED) is 0.866. The first kappa shape index (κ1) is 13.0. The minimum atomic E-state index is -0.463. The molecule has 1 aromatic carbocycles. The summed E-state index contributed by atoms with van der Waals surface area (Å²) in [6.07, 6.45) is 3.02. The second kappa shape index (κ2) is 4.54. The number of fused-ring (bicyclic) bond motifs is 2. The van der Waals surface area contributed by atoms with E-state index in [1.165, 1.54) is 11.1 Å². The number of hydrogen-bond acceptors (Lipinski definition) is 3. The van der Waals surface area contributed by atoms with E-state index in [-0.39, 0.29) is 12.1 Å². The number of ether oxygens (including phenoxy) is 1. The van der Waals surface area contributed by atoms with Crippen LogP contribution in [0.25, 0.3) is 11.0 Å². The molecule has 4 heteroatoms. The number of carbonyl (C=O) groups is 1. The molecule has 4 nitrogen and oxygen atoms in total. The topological polar surface area (TPSA) is 51.5 Å². The van der Waals surface area contributed by atoms with Gasteiger partial charge in [-0.2, -0.15) is 0 Å². The van der Waals surface area contributed by atoms with Crippen LogP contribution in [0, 0.1) is 0 Å². The fourth-order valence-corrected chi connectivity index (χ4v) is 2.66. The molecule has 1 heterocycles. The first-order valence-corrected chi connectivity index (χ1v) is 6.89. The molecule has 20 heavy (non-hydrogen) atoms. The largest absolute Gasteiger partial charge is 0.464 e. The van der Waals surface area contributed by atoms with Gasteiger partial charge in [0.2, 0.25) is 0 Å². The van der Waals surface area contributed by atoms with Gasteiger partial charge in [-0.25, -0.2) is 4.79 Å². The van der Waals surface area contributed by atoms with Crippen molar-refractivity contribution in [2.45, 2.75) is 45.3 Å². The smallest absolute Gasteiger partial charge is 0.407 e. The summed E-state index contributed by atoms with van der Waals surface area (Å²) in [5.41, 5.74) is 2.96. The molecule has 3 rings (SSSR count). The number of carbonyl (C=O) groups excluding carboxylic acids is 1. The first-order valence-electron chi connectivity index (χ1n) is 6.89. The summed E-state index contributed by atoms with van der Waals surface area (Å²) >= 11 is 0. The Morgan fingerprint density at radius 1 is 1.30 bits per heavy atom. The van der Waals surface area contributed by atoms with E-state index in [1.54, 1.807) is 6.26 Å². The third-order valence-corrected chi connectivity index (χ3v) is 3.43.